The van der Waals surface area contributed by atoms with Gasteiger partial charge in [-0.2, -0.15) is 0 Å². The molecule has 1 aliphatic heterocycles. The summed E-state index contributed by atoms with van der Waals surface area (Å²) >= 11 is 0. The minimum absolute atomic E-state index is 0.0882. The molecule has 0 spiro atoms. The average molecular weight is 454 g/mol. The lowest BCUT2D eigenvalue weighted by atomic mass is 10.1. The Kier molecular flexibility index (Phi) is 3.03. The first-order valence-corrected chi connectivity index (χ1v) is 10.2. The minimum Gasteiger partial charge on any atom is -0.378 e. The number of amides is 1. The van der Waals surface area contributed by atoms with E-state index in [9.17, 15) is 9.59 Å². The van der Waals surface area contributed by atoms with Gasteiger partial charge < -0.3 is 19.9 Å². The van der Waals surface area contributed by atoms with Crippen molar-refractivity contribution < 1.29 is 20.5 Å². The van der Waals surface area contributed by atoms with E-state index in [1.165, 1.54) is 35.2 Å². The van der Waals surface area contributed by atoms with E-state index in [0.29, 0.717) is 21.8 Å². The Balaban J connectivity index is 1.43. The fourth-order valence-electron chi connectivity index (χ4n) is 3.75. The lowest BCUT2D eigenvalue weighted by Crippen LogP contribution is -2.36. The number of anilines is 2. The van der Waals surface area contributed by atoms with Crippen molar-refractivity contribution in [1.29, 1.82) is 0 Å². The van der Waals surface area contributed by atoms with Crippen molar-refractivity contribution in [2.75, 3.05) is 36.3 Å². The van der Waals surface area contributed by atoms with Crippen molar-refractivity contribution in [2.24, 2.45) is 11.8 Å². The zero-order valence-electron chi connectivity index (χ0n) is 25.3. The number of rotatable bonds is 4. The number of aromatic nitrogens is 5. The maximum absolute atomic E-state index is 12.5. The van der Waals surface area contributed by atoms with Crippen molar-refractivity contribution in [1.82, 2.24) is 24.6 Å². The van der Waals surface area contributed by atoms with E-state index in [1.807, 2.05) is 6.92 Å². The molecule has 1 saturated heterocycles. The Bertz CT molecular complexity index is 1760. The third kappa shape index (κ3) is 3.62. The van der Waals surface area contributed by atoms with E-state index < -0.39 is 31.7 Å². The van der Waals surface area contributed by atoms with Gasteiger partial charge in [0.25, 0.3) is 5.56 Å². The standard InChI is InChI=1S/C23H23N7O3/c1-13-8-15(13)23(32)26-19-9-16-17(10-25-22(31)18(16)11-24-19)21-27-20-3-2-14(12-30(20)28-21)29-4-6-33-7-5-29/h2-3,9-13,15H,4-8H2,1H3,(H,25,31)(H,24,26,32)/t13-,15+/m1/s1/i4D2,5D2,6D2,7D2. The van der Waals surface area contributed by atoms with E-state index in [1.54, 1.807) is 6.07 Å². The van der Waals surface area contributed by atoms with Crippen LogP contribution in [0.1, 0.15) is 24.3 Å². The molecule has 10 heteroatoms. The number of pyridine rings is 3. The SMILES string of the molecule is [2H]C1([2H])OC([2H])([2H])C([2H])([2H])N(c2ccc3nc(-c4c[nH]c(=O)c5cnc(NC(=O)[C@H]6C[C@H]6C)cc45)nn3c2)C1([2H])[2H]. The molecule has 0 unspecified atom stereocenters. The number of hydrogen-bond acceptors (Lipinski definition) is 7. The highest BCUT2D eigenvalue weighted by atomic mass is 16.5. The van der Waals surface area contributed by atoms with E-state index in [4.69, 9.17) is 11.0 Å². The normalized spacial score (nSPS) is 30.0. The average Bonchev–Trinajstić information content (AvgIpc) is 3.45. The van der Waals surface area contributed by atoms with Crippen molar-refractivity contribution in [3.63, 3.8) is 0 Å². The smallest absolute Gasteiger partial charge is 0.257 e. The summed E-state index contributed by atoms with van der Waals surface area (Å²) in [7, 11) is 0. The summed E-state index contributed by atoms with van der Waals surface area (Å²) in [5.41, 5.74) is -0.0211. The molecule has 1 amide bonds. The fourth-order valence-corrected chi connectivity index (χ4v) is 3.75. The van der Waals surface area contributed by atoms with Gasteiger partial charge in [-0.3, -0.25) is 9.59 Å². The number of H-pyrrole nitrogens is 1. The molecule has 2 N–H and O–H groups in total. The van der Waals surface area contributed by atoms with Crippen LogP contribution in [-0.4, -0.2) is 56.6 Å². The first kappa shape index (κ1) is 13.0. The third-order valence-electron chi connectivity index (χ3n) is 5.72. The van der Waals surface area contributed by atoms with E-state index >= 15 is 0 Å². The Morgan fingerprint density at radius 1 is 1.30 bits per heavy atom. The molecular formula is C23H23N7O3. The maximum Gasteiger partial charge on any atom is 0.257 e. The van der Waals surface area contributed by atoms with Crippen molar-refractivity contribution in [3.8, 4) is 11.4 Å². The van der Waals surface area contributed by atoms with Crippen LogP contribution in [0.4, 0.5) is 11.5 Å². The molecule has 1 aliphatic carbocycles. The molecule has 1 saturated carbocycles. The van der Waals surface area contributed by atoms with Gasteiger partial charge in [-0.25, -0.2) is 14.5 Å². The Morgan fingerprint density at radius 3 is 2.91 bits per heavy atom. The van der Waals surface area contributed by atoms with Gasteiger partial charge in [0.15, 0.2) is 11.5 Å². The second-order valence-corrected chi connectivity index (χ2v) is 7.95. The van der Waals surface area contributed by atoms with Crippen LogP contribution in [-0.2, 0) is 9.53 Å². The summed E-state index contributed by atoms with van der Waals surface area (Å²) in [5.74, 6) is 0.419. The first-order chi connectivity index (χ1) is 19.0. The number of ether oxygens (including phenoxy) is 1. The van der Waals surface area contributed by atoms with Crippen LogP contribution in [0.5, 0.6) is 0 Å². The van der Waals surface area contributed by atoms with Crippen LogP contribution >= 0.6 is 0 Å². The van der Waals surface area contributed by atoms with Gasteiger partial charge in [0.2, 0.25) is 5.91 Å². The Morgan fingerprint density at radius 2 is 2.12 bits per heavy atom. The quantitative estimate of drug-likeness (QED) is 0.486. The highest BCUT2D eigenvalue weighted by molar-refractivity contribution is 5.99. The Hall–Kier alpha value is -3.79. The Labute approximate surface area is 199 Å². The van der Waals surface area contributed by atoms with Gasteiger partial charge in [0.1, 0.15) is 5.82 Å². The van der Waals surface area contributed by atoms with E-state index in [2.05, 4.69) is 30.1 Å². The lowest BCUT2D eigenvalue weighted by Gasteiger charge is -2.28. The summed E-state index contributed by atoms with van der Waals surface area (Å²) in [5, 5.41) is 7.80. The molecule has 4 aromatic heterocycles. The van der Waals surface area contributed by atoms with Crippen LogP contribution < -0.4 is 15.8 Å². The molecule has 6 rings (SSSR count). The number of fused-ring (bicyclic) bond motifs is 2. The molecule has 0 bridgehead atoms. The summed E-state index contributed by atoms with van der Waals surface area (Å²) in [6.45, 7) is -10.7. The number of nitrogens with zero attached hydrogens (tertiary/aromatic N) is 5. The summed E-state index contributed by atoms with van der Waals surface area (Å²) in [6.07, 6.45) is 4.72. The summed E-state index contributed by atoms with van der Waals surface area (Å²) in [6, 6.07) is 4.20. The topological polar surface area (TPSA) is 118 Å². The molecule has 2 fully saturated rings. The molecule has 4 aromatic rings. The van der Waals surface area contributed by atoms with E-state index in [0.717, 1.165) is 6.42 Å². The van der Waals surface area contributed by atoms with Gasteiger partial charge in [0, 0.05) is 42.3 Å². The molecule has 0 aromatic carbocycles. The predicted octanol–water partition coefficient (Wildman–Crippen LogP) is 2.06. The van der Waals surface area contributed by atoms with Crippen LogP contribution in [0.2, 0.25) is 0 Å². The number of morpholine rings is 1. The minimum atomic E-state index is -3.21. The van der Waals surface area contributed by atoms with Gasteiger partial charge in [0.05, 0.1) is 41.4 Å². The van der Waals surface area contributed by atoms with Crippen LogP contribution in [0, 0.1) is 11.8 Å². The van der Waals surface area contributed by atoms with E-state index in [-0.39, 0.29) is 40.2 Å². The number of carbonyl (C=O) groups is 1. The first-order valence-electron chi connectivity index (χ1n) is 14.2. The largest absolute Gasteiger partial charge is 0.378 e. The lowest BCUT2D eigenvalue weighted by molar-refractivity contribution is -0.117. The molecule has 2 atom stereocenters. The monoisotopic (exact) mass is 453 g/mol. The molecule has 168 valence electrons. The second kappa shape index (κ2) is 7.66. The third-order valence-corrected chi connectivity index (χ3v) is 5.72. The molecular weight excluding hydrogens is 422 g/mol. The van der Waals surface area contributed by atoms with Crippen molar-refractivity contribution in [2.45, 2.75) is 13.3 Å². The summed E-state index contributed by atoms with van der Waals surface area (Å²) < 4.78 is 70.7. The van der Waals surface area contributed by atoms with Gasteiger partial charge >= 0.3 is 0 Å². The number of nitrogens with one attached hydrogen (secondary N) is 2. The fraction of sp³-hybridized carbons (Fsp3) is 0.348. The predicted molar refractivity (Wildman–Crippen MR) is 123 cm³/mol. The highest BCUT2D eigenvalue weighted by Gasteiger charge is 2.39. The maximum atomic E-state index is 12.5. The van der Waals surface area contributed by atoms with Gasteiger partial charge in [-0.05, 0) is 30.5 Å². The summed E-state index contributed by atoms with van der Waals surface area (Å²) in [4.78, 5) is 36.5. The number of aromatic amines is 1. The highest BCUT2D eigenvalue weighted by Crippen LogP contribution is 2.38. The second-order valence-electron chi connectivity index (χ2n) is 7.95. The zero-order chi connectivity index (χ0) is 29.7. The van der Waals surface area contributed by atoms with Crippen molar-refractivity contribution in [3.05, 3.63) is 47.1 Å². The molecule has 2 aliphatic rings. The van der Waals surface area contributed by atoms with Crippen LogP contribution in [0.25, 0.3) is 27.8 Å². The molecule has 10 nitrogen and oxygen atoms in total. The zero-order valence-corrected chi connectivity index (χ0v) is 17.3. The van der Waals surface area contributed by atoms with Crippen LogP contribution in [0.3, 0.4) is 0 Å². The number of hydrogen-bond donors (Lipinski definition) is 2. The van der Waals surface area contributed by atoms with Crippen LogP contribution in [0.15, 0.2) is 41.6 Å². The number of carbonyl (C=O) groups excluding carboxylic acids is 1. The molecule has 0 radical (unpaired) electrons. The molecule has 33 heavy (non-hydrogen) atoms. The van der Waals surface area contributed by atoms with Gasteiger partial charge in [-0.15, -0.1) is 5.10 Å². The van der Waals surface area contributed by atoms with Crippen molar-refractivity contribution >= 4 is 33.8 Å². The molecule has 5 heterocycles. The van der Waals surface area contributed by atoms with Gasteiger partial charge in [-0.1, -0.05) is 6.92 Å².